The molecule has 7 nitrogen and oxygen atoms in total. The molecule has 1 aliphatic rings. The number of H-pyrrole nitrogens is 1. The summed E-state index contributed by atoms with van der Waals surface area (Å²) in [5.41, 5.74) is 2.22. The first-order valence-corrected chi connectivity index (χ1v) is 10.6. The number of aliphatic hydroxyl groups is 1. The van der Waals surface area contributed by atoms with Gasteiger partial charge in [0.15, 0.2) is 5.76 Å². The molecular weight excluding hydrogens is 431 g/mol. The van der Waals surface area contributed by atoms with Crippen LogP contribution >= 0.6 is 11.3 Å². The number of hydrogen-bond acceptors (Lipinski definition) is 6. The van der Waals surface area contributed by atoms with E-state index in [2.05, 4.69) is 15.0 Å². The van der Waals surface area contributed by atoms with Crippen molar-refractivity contribution in [1.29, 1.82) is 0 Å². The molecule has 0 aliphatic carbocycles. The van der Waals surface area contributed by atoms with E-state index in [1.165, 1.54) is 40.5 Å². The zero-order chi connectivity index (χ0) is 22.6. The van der Waals surface area contributed by atoms with Gasteiger partial charge in [-0.05, 0) is 43.7 Å². The molecule has 2 aromatic carbocycles. The van der Waals surface area contributed by atoms with E-state index < -0.39 is 29.3 Å². The Labute approximate surface area is 185 Å². The molecule has 0 radical (unpaired) electrons. The van der Waals surface area contributed by atoms with Crippen LogP contribution in [-0.4, -0.2) is 31.7 Å². The molecule has 1 atom stereocenters. The minimum Gasteiger partial charge on any atom is -0.503 e. The number of carbonyl (C=O) groups is 2. The summed E-state index contributed by atoms with van der Waals surface area (Å²) in [4.78, 5) is 40.1. The van der Waals surface area contributed by atoms with Gasteiger partial charge in [0.25, 0.3) is 5.91 Å². The number of para-hydroxylation sites is 2. The molecule has 1 amide bonds. The van der Waals surface area contributed by atoms with Crippen LogP contribution in [0.1, 0.15) is 32.0 Å². The molecule has 0 saturated carbocycles. The number of halogens is 1. The van der Waals surface area contributed by atoms with E-state index in [1.54, 1.807) is 19.9 Å². The Morgan fingerprint density at radius 2 is 1.84 bits per heavy atom. The number of aromatic amines is 1. The minimum atomic E-state index is -0.988. The summed E-state index contributed by atoms with van der Waals surface area (Å²) < 4.78 is 13.6. The fourth-order valence-corrected chi connectivity index (χ4v) is 4.81. The summed E-state index contributed by atoms with van der Waals surface area (Å²) in [7, 11) is 0. The number of imidazole rings is 1. The Morgan fingerprint density at radius 1 is 1.12 bits per heavy atom. The topological polar surface area (TPSA) is 99.2 Å². The van der Waals surface area contributed by atoms with E-state index >= 15 is 0 Å². The number of nitrogens with zero attached hydrogens (tertiary/aromatic N) is 3. The average molecular weight is 448 g/mol. The molecular formula is C23H17FN4O3S. The van der Waals surface area contributed by atoms with E-state index in [4.69, 9.17) is 0 Å². The number of nitrogens with one attached hydrogen (secondary N) is 1. The zero-order valence-electron chi connectivity index (χ0n) is 17.1. The SMILES string of the molecule is Cc1nc(C)c(C(=O)C2=C(O)C(=O)N(c3nc4ccccc4[nH]3)C2c2ccc(F)cc2)s1. The second-order valence-corrected chi connectivity index (χ2v) is 8.65. The largest absolute Gasteiger partial charge is 0.503 e. The number of rotatable bonds is 4. The van der Waals surface area contributed by atoms with Crippen molar-refractivity contribution >= 4 is 40.0 Å². The van der Waals surface area contributed by atoms with Gasteiger partial charge < -0.3 is 10.1 Å². The van der Waals surface area contributed by atoms with Crippen LogP contribution in [0, 0.1) is 19.7 Å². The van der Waals surface area contributed by atoms with Crippen molar-refractivity contribution < 1.29 is 19.1 Å². The Bertz CT molecular complexity index is 1390. The summed E-state index contributed by atoms with van der Waals surface area (Å²) in [6.07, 6.45) is 0. The first-order valence-electron chi connectivity index (χ1n) is 9.80. The lowest BCUT2D eigenvalue weighted by atomic mass is 9.95. The molecule has 9 heteroatoms. The van der Waals surface area contributed by atoms with E-state index in [1.807, 2.05) is 18.2 Å². The monoisotopic (exact) mass is 448 g/mol. The van der Waals surface area contributed by atoms with Gasteiger partial charge in [-0.1, -0.05) is 24.3 Å². The summed E-state index contributed by atoms with van der Waals surface area (Å²) in [5, 5.41) is 11.5. The van der Waals surface area contributed by atoms with Gasteiger partial charge in [0, 0.05) is 0 Å². The number of ketones is 1. The molecule has 32 heavy (non-hydrogen) atoms. The summed E-state index contributed by atoms with van der Waals surface area (Å²) >= 11 is 1.19. The predicted molar refractivity (Wildman–Crippen MR) is 118 cm³/mol. The van der Waals surface area contributed by atoms with Gasteiger partial charge in [-0.15, -0.1) is 11.3 Å². The fourth-order valence-electron chi connectivity index (χ4n) is 3.93. The first-order chi connectivity index (χ1) is 15.3. The molecule has 4 aromatic rings. The lowest BCUT2D eigenvalue weighted by Gasteiger charge is -2.24. The van der Waals surface area contributed by atoms with Gasteiger partial charge in [0.05, 0.1) is 38.2 Å². The van der Waals surface area contributed by atoms with E-state index in [0.717, 1.165) is 0 Å². The zero-order valence-corrected chi connectivity index (χ0v) is 17.9. The van der Waals surface area contributed by atoms with Crippen molar-refractivity contribution in [3.63, 3.8) is 0 Å². The number of hydrogen-bond donors (Lipinski definition) is 2. The van der Waals surface area contributed by atoms with Crippen molar-refractivity contribution in [2.75, 3.05) is 4.90 Å². The van der Waals surface area contributed by atoms with Gasteiger partial charge in [0.1, 0.15) is 5.82 Å². The third kappa shape index (κ3) is 3.09. The number of thiazole rings is 1. The second-order valence-electron chi connectivity index (χ2n) is 7.45. The fraction of sp³-hybridized carbons (Fsp3) is 0.130. The second kappa shape index (κ2) is 7.38. The molecule has 1 unspecified atom stereocenters. The highest BCUT2D eigenvalue weighted by atomic mass is 32.1. The van der Waals surface area contributed by atoms with Crippen LogP contribution < -0.4 is 4.90 Å². The lowest BCUT2D eigenvalue weighted by Crippen LogP contribution is -2.32. The summed E-state index contributed by atoms with van der Waals surface area (Å²) in [5.74, 6) is -2.19. The van der Waals surface area contributed by atoms with Gasteiger partial charge in [-0.2, -0.15) is 0 Å². The van der Waals surface area contributed by atoms with Crippen LogP contribution in [0.25, 0.3) is 11.0 Å². The van der Waals surface area contributed by atoms with E-state index in [9.17, 15) is 19.1 Å². The molecule has 1 aliphatic heterocycles. The van der Waals surface area contributed by atoms with Crippen LogP contribution in [0.15, 0.2) is 59.9 Å². The molecule has 160 valence electrons. The third-order valence-electron chi connectivity index (χ3n) is 5.35. The third-order valence-corrected chi connectivity index (χ3v) is 6.42. The molecule has 2 aromatic heterocycles. The van der Waals surface area contributed by atoms with Crippen molar-refractivity contribution in [2.45, 2.75) is 19.9 Å². The van der Waals surface area contributed by atoms with Crippen LogP contribution in [0.5, 0.6) is 0 Å². The Kier molecular flexibility index (Phi) is 4.63. The van der Waals surface area contributed by atoms with Crippen LogP contribution in [0.2, 0.25) is 0 Å². The average Bonchev–Trinajstić information content (AvgIpc) is 3.42. The molecule has 5 rings (SSSR count). The lowest BCUT2D eigenvalue weighted by molar-refractivity contribution is -0.117. The molecule has 0 saturated heterocycles. The number of aryl methyl sites for hydroxylation is 2. The van der Waals surface area contributed by atoms with E-state index in [-0.39, 0.29) is 11.5 Å². The van der Waals surface area contributed by atoms with Crippen LogP contribution in [0.3, 0.4) is 0 Å². The maximum Gasteiger partial charge on any atom is 0.296 e. The Morgan fingerprint density at radius 3 is 2.50 bits per heavy atom. The van der Waals surface area contributed by atoms with Gasteiger partial charge in [-0.3, -0.25) is 14.5 Å². The quantitative estimate of drug-likeness (QED) is 0.446. The molecule has 3 heterocycles. The standard InChI is InChI=1S/C23H17FN4O3S/c1-11-21(32-12(2)25-11)19(29)17-18(13-7-9-14(24)10-8-13)28(22(31)20(17)30)23-26-15-5-3-4-6-16(15)27-23/h3-10,18,30H,1-2H3,(H,26,27). The van der Waals surface area contributed by atoms with Gasteiger partial charge in [-0.25, -0.2) is 14.4 Å². The van der Waals surface area contributed by atoms with Crippen LogP contribution in [0.4, 0.5) is 10.3 Å². The molecule has 2 N–H and O–H groups in total. The number of Topliss-reactive ketones (excluding diaryl/α,β-unsaturated/α-hetero) is 1. The van der Waals surface area contributed by atoms with Crippen molar-refractivity contribution in [2.24, 2.45) is 0 Å². The Balaban J connectivity index is 1.69. The highest BCUT2D eigenvalue weighted by molar-refractivity contribution is 7.14. The maximum atomic E-state index is 13.6. The number of aromatic nitrogens is 3. The molecule has 0 bridgehead atoms. The van der Waals surface area contributed by atoms with Crippen molar-refractivity contribution in [3.8, 4) is 0 Å². The normalized spacial score (nSPS) is 16.4. The number of aliphatic hydroxyl groups excluding tert-OH is 1. The molecule has 0 fully saturated rings. The van der Waals surface area contributed by atoms with Crippen LogP contribution in [-0.2, 0) is 4.79 Å². The first kappa shape index (κ1) is 20.1. The highest BCUT2D eigenvalue weighted by Gasteiger charge is 2.46. The van der Waals surface area contributed by atoms with Crippen molar-refractivity contribution in [1.82, 2.24) is 15.0 Å². The minimum absolute atomic E-state index is 0.0891. The van der Waals surface area contributed by atoms with Gasteiger partial charge in [0.2, 0.25) is 11.7 Å². The summed E-state index contributed by atoms with van der Waals surface area (Å²) in [6.45, 7) is 3.48. The number of amides is 1. The highest BCUT2D eigenvalue weighted by Crippen LogP contribution is 2.42. The van der Waals surface area contributed by atoms with Gasteiger partial charge >= 0.3 is 0 Å². The number of fused-ring (bicyclic) bond motifs is 1. The summed E-state index contributed by atoms with van der Waals surface area (Å²) in [6, 6.07) is 11.7. The number of benzene rings is 2. The number of carbonyl (C=O) groups excluding carboxylic acids is 2. The molecule has 0 spiro atoms. The number of anilines is 1. The van der Waals surface area contributed by atoms with Crippen molar-refractivity contribution in [3.05, 3.63) is 86.8 Å². The maximum absolute atomic E-state index is 13.6. The Hall–Kier alpha value is -3.85. The predicted octanol–water partition coefficient (Wildman–Crippen LogP) is 4.56. The smallest absolute Gasteiger partial charge is 0.296 e. The van der Waals surface area contributed by atoms with E-state index in [0.29, 0.717) is 32.2 Å².